The fourth-order valence-electron chi connectivity index (χ4n) is 9.61. The number of phenolic OH excluding ortho intramolecular Hbond substituents is 1. The number of amides is 4. The van der Waals surface area contributed by atoms with Crippen molar-refractivity contribution >= 4 is 64.4 Å². The Morgan fingerprint density at radius 2 is 1.69 bits per heavy atom. The van der Waals surface area contributed by atoms with Crippen molar-refractivity contribution in [1.29, 1.82) is 0 Å². The Bertz CT molecular complexity index is 2520. The van der Waals surface area contributed by atoms with Crippen molar-refractivity contribution < 1.29 is 42.2 Å². The van der Waals surface area contributed by atoms with Crippen molar-refractivity contribution in [3.63, 3.8) is 0 Å². The van der Waals surface area contributed by atoms with Gasteiger partial charge in [-0.2, -0.15) is 18.2 Å². The SMILES string of the molecule is C=Cc1ccc(N2C(=O)[C@H]3[C@H](CC=C4[C@H](C5=COc6ccc(O)cc6C5)[C@]5(c6ccc(Cl)cc6)C(=O)N(Nc6ncc(C(F)(F)F)cc6Cl)C(=O)[C@@H]5C[C@H]43)C2=O)cc1. The molecule has 3 aromatic carbocycles. The van der Waals surface area contributed by atoms with E-state index in [1.807, 2.05) is 6.08 Å². The number of pyridine rings is 1. The molecule has 0 unspecified atom stereocenters. The highest BCUT2D eigenvalue weighted by Crippen LogP contribution is 2.63. The number of carbonyl (C=O) groups excluding carboxylic acids is 4. The van der Waals surface area contributed by atoms with Gasteiger partial charge in [0.1, 0.15) is 11.5 Å². The molecular weight excluding hydrogens is 796 g/mol. The molecule has 4 aromatic rings. The van der Waals surface area contributed by atoms with Gasteiger partial charge < -0.3 is 9.84 Å². The van der Waals surface area contributed by atoms with Crippen LogP contribution in [0.4, 0.5) is 24.7 Å². The van der Waals surface area contributed by atoms with Gasteiger partial charge in [0.15, 0.2) is 5.82 Å². The summed E-state index contributed by atoms with van der Waals surface area (Å²) in [6, 6.07) is 18.6. The second-order valence-electron chi connectivity index (χ2n) is 15.0. The number of benzene rings is 3. The summed E-state index contributed by atoms with van der Waals surface area (Å²) in [4.78, 5) is 64.2. The number of ether oxygens (including phenoxy) is 1. The zero-order chi connectivity index (χ0) is 40.8. The number of rotatable bonds is 6. The third kappa shape index (κ3) is 5.65. The Morgan fingerprint density at radius 1 is 0.948 bits per heavy atom. The van der Waals surface area contributed by atoms with Crippen LogP contribution in [0.5, 0.6) is 11.5 Å². The number of phenols is 1. The molecule has 294 valence electrons. The van der Waals surface area contributed by atoms with Gasteiger partial charge in [-0.3, -0.25) is 29.5 Å². The van der Waals surface area contributed by atoms with E-state index in [2.05, 4.69) is 17.0 Å². The maximum Gasteiger partial charge on any atom is 0.417 e. The van der Waals surface area contributed by atoms with Crippen molar-refractivity contribution in [3.8, 4) is 11.5 Å². The number of allylic oxidation sites excluding steroid dienone is 3. The smallest absolute Gasteiger partial charge is 0.417 e. The van der Waals surface area contributed by atoms with E-state index in [1.54, 1.807) is 66.7 Å². The molecule has 2 aliphatic carbocycles. The van der Waals surface area contributed by atoms with E-state index in [1.165, 1.54) is 17.2 Å². The molecule has 9 rings (SSSR count). The van der Waals surface area contributed by atoms with Crippen molar-refractivity contribution in [3.05, 3.63) is 141 Å². The lowest BCUT2D eigenvalue weighted by Gasteiger charge is -2.51. The van der Waals surface area contributed by atoms with Crippen LogP contribution in [0.25, 0.3) is 6.08 Å². The number of carbonyl (C=O) groups is 4. The summed E-state index contributed by atoms with van der Waals surface area (Å²) in [6.45, 7) is 3.77. The molecule has 2 N–H and O–H groups in total. The van der Waals surface area contributed by atoms with Crippen LogP contribution < -0.4 is 15.1 Å². The average Bonchev–Trinajstić information content (AvgIpc) is 3.58. The molecule has 0 radical (unpaired) electrons. The van der Waals surface area contributed by atoms with Gasteiger partial charge in [-0.15, -0.1) is 0 Å². The number of hydrazine groups is 1. The van der Waals surface area contributed by atoms with Crippen LogP contribution in [0.2, 0.25) is 10.0 Å². The van der Waals surface area contributed by atoms with Crippen LogP contribution in [0, 0.1) is 29.6 Å². The molecule has 5 aliphatic rings. The first-order valence-electron chi connectivity index (χ1n) is 18.3. The highest BCUT2D eigenvalue weighted by atomic mass is 35.5. The number of hydrogen-bond donors (Lipinski definition) is 2. The van der Waals surface area contributed by atoms with E-state index in [9.17, 15) is 32.7 Å². The lowest BCUT2D eigenvalue weighted by molar-refractivity contribution is -0.139. The summed E-state index contributed by atoms with van der Waals surface area (Å²) in [5, 5.41) is 11.1. The average molecular weight is 828 g/mol. The quantitative estimate of drug-likeness (QED) is 0.147. The maximum atomic E-state index is 15.4. The van der Waals surface area contributed by atoms with Gasteiger partial charge in [0, 0.05) is 29.1 Å². The van der Waals surface area contributed by atoms with E-state index in [0.717, 1.165) is 10.6 Å². The standard InChI is InChI=1S/C43H31Cl2F3N4O6/c1-2-21-3-9-27(10-4-21)51-38(54)30-13-12-29-31(35(30)40(51)56)18-32-39(55)52(50-37-33(45)17-25(19-49-37)43(46,47)48)41(57)42(32,24-5-7-26(44)8-6-24)36(29)23-15-22-16-28(53)11-14-34(22)58-20-23/h2-12,14,16-17,19-20,30-32,35-36,53H,1,13,15,18H2,(H,49,50)/t30-,31+,32-,35-,36-,42+/m0/s1. The van der Waals surface area contributed by atoms with Gasteiger partial charge in [0.2, 0.25) is 11.8 Å². The first-order valence-corrected chi connectivity index (χ1v) is 19.1. The predicted octanol–water partition coefficient (Wildman–Crippen LogP) is 8.30. The number of fused-ring (bicyclic) bond motifs is 5. The minimum atomic E-state index is -4.76. The highest BCUT2D eigenvalue weighted by molar-refractivity contribution is 6.33. The summed E-state index contributed by atoms with van der Waals surface area (Å²) in [7, 11) is 0. The molecule has 6 atom stereocenters. The van der Waals surface area contributed by atoms with E-state index in [4.69, 9.17) is 27.9 Å². The lowest BCUT2D eigenvalue weighted by Crippen LogP contribution is -2.55. The van der Waals surface area contributed by atoms with Crippen LogP contribution >= 0.6 is 23.2 Å². The number of aromatic hydroxyl groups is 1. The Hall–Kier alpha value is -5.92. The summed E-state index contributed by atoms with van der Waals surface area (Å²) < 4.78 is 46.7. The summed E-state index contributed by atoms with van der Waals surface area (Å²) in [5.74, 6) is -6.74. The second-order valence-corrected chi connectivity index (χ2v) is 15.8. The van der Waals surface area contributed by atoms with Gasteiger partial charge in [0.25, 0.3) is 11.8 Å². The van der Waals surface area contributed by atoms with Gasteiger partial charge in [0.05, 0.1) is 45.7 Å². The second kappa shape index (κ2) is 13.6. The number of imide groups is 2. The van der Waals surface area contributed by atoms with Crippen LogP contribution in [0.15, 0.2) is 109 Å². The molecule has 1 saturated carbocycles. The van der Waals surface area contributed by atoms with Crippen molar-refractivity contribution in [2.45, 2.75) is 30.9 Å². The summed E-state index contributed by atoms with van der Waals surface area (Å²) in [6.07, 6.45) is 1.13. The third-order valence-electron chi connectivity index (χ3n) is 12.1. The van der Waals surface area contributed by atoms with Crippen LogP contribution in [-0.4, -0.2) is 38.7 Å². The zero-order valence-corrected chi connectivity index (χ0v) is 31.7. The number of hydrogen-bond acceptors (Lipinski definition) is 8. The molecule has 15 heteroatoms. The van der Waals surface area contributed by atoms with E-state index in [0.29, 0.717) is 51.0 Å². The molecule has 4 heterocycles. The van der Waals surface area contributed by atoms with Gasteiger partial charge >= 0.3 is 6.18 Å². The molecular formula is C43H31Cl2F3N4O6. The number of nitrogens with zero attached hydrogens (tertiary/aromatic N) is 3. The molecule has 3 aliphatic heterocycles. The summed E-state index contributed by atoms with van der Waals surface area (Å²) >= 11 is 12.7. The fourth-order valence-corrected chi connectivity index (χ4v) is 9.95. The minimum Gasteiger partial charge on any atom is -0.508 e. The third-order valence-corrected chi connectivity index (χ3v) is 12.6. The van der Waals surface area contributed by atoms with Crippen LogP contribution in [0.1, 0.15) is 35.1 Å². The highest BCUT2D eigenvalue weighted by Gasteiger charge is 2.71. The number of halogens is 5. The molecule has 0 bridgehead atoms. The number of nitrogens with one attached hydrogen (secondary N) is 1. The Morgan fingerprint density at radius 3 is 2.38 bits per heavy atom. The first-order chi connectivity index (χ1) is 27.7. The van der Waals surface area contributed by atoms with Gasteiger partial charge in [-0.25, -0.2) is 4.98 Å². The molecule has 0 spiro atoms. The monoisotopic (exact) mass is 826 g/mol. The van der Waals surface area contributed by atoms with Gasteiger partial charge in [-0.1, -0.05) is 71.8 Å². The van der Waals surface area contributed by atoms with Crippen molar-refractivity contribution in [1.82, 2.24) is 9.99 Å². The predicted molar refractivity (Wildman–Crippen MR) is 207 cm³/mol. The fraction of sp³-hybridized carbons (Fsp3) is 0.233. The van der Waals surface area contributed by atoms with E-state index >= 15 is 4.79 Å². The maximum absolute atomic E-state index is 15.4. The van der Waals surface area contributed by atoms with Gasteiger partial charge in [-0.05, 0) is 84.0 Å². The normalized spacial score (nSPS) is 26.3. The van der Waals surface area contributed by atoms with E-state index in [-0.39, 0.29) is 36.7 Å². The number of anilines is 2. The van der Waals surface area contributed by atoms with E-state index < -0.39 is 69.5 Å². The lowest BCUT2D eigenvalue weighted by atomic mass is 9.48. The number of aromatic nitrogens is 1. The largest absolute Gasteiger partial charge is 0.508 e. The number of alkyl halides is 3. The molecule has 3 fully saturated rings. The molecule has 4 amide bonds. The minimum absolute atomic E-state index is 0.0187. The van der Waals surface area contributed by atoms with Crippen molar-refractivity contribution in [2.75, 3.05) is 10.3 Å². The van der Waals surface area contributed by atoms with Crippen molar-refractivity contribution in [2.24, 2.45) is 29.6 Å². The molecule has 58 heavy (non-hydrogen) atoms. The topological polar surface area (TPSA) is 129 Å². The Labute approximate surface area is 339 Å². The molecule has 2 saturated heterocycles. The molecule has 1 aromatic heterocycles. The van der Waals surface area contributed by atoms with Crippen LogP contribution in [0.3, 0.4) is 0 Å². The zero-order valence-electron chi connectivity index (χ0n) is 30.2. The molecule has 10 nitrogen and oxygen atoms in total. The van der Waals surface area contributed by atoms with Crippen LogP contribution in [-0.2, 0) is 37.2 Å². The Kier molecular flexibility index (Phi) is 8.82. The first kappa shape index (κ1) is 37.6. The Balaban J connectivity index is 1.21. The summed E-state index contributed by atoms with van der Waals surface area (Å²) in [5.41, 5.74) is 3.17.